The van der Waals surface area contributed by atoms with Crippen LogP contribution < -0.4 is 5.69 Å². The number of pyridine rings is 1. The second-order valence-electron chi connectivity index (χ2n) is 5.43. The molecule has 1 aliphatic heterocycles. The van der Waals surface area contributed by atoms with E-state index in [2.05, 4.69) is 5.10 Å². The van der Waals surface area contributed by atoms with Crippen molar-refractivity contribution in [2.24, 2.45) is 0 Å². The first-order valence-corrected chi connectivity index (χ1v) is 8.54. The van der Waals surface area contributed by atoms with Crippen molar-refractivity contribution in [2.45, 2.75) is 24.8 Å². The minimum absolute atomic E-state index is 0.0901. The average molecular weight is 326 g/mol. The van der Waals surface area contributed by atoms with Gasteiger partial charge in [-0.15, -0.1) is 5.10 Å². The van der Waals surface area contributed by atoms with Crippen molar-refractivity contribution in [3.63, 3.8) is 0 Å². The molecule has 9 heteroatoms. The van der Waals surface area contributed by atoms with Crippen LogP contribution in [0.2, 0.25) is 0 Å². The van der Waals surface area contributed by atoms with Gasteiger partial charge in [0, 0.05) is 19.3 Å². The zero-order valence-electron chi connectivity index (χ0n) is 12.5. The Morgan fingerprint density at radius 3 is 2.55 bits per heavy atom. The summed E-state index contributed by atoms with van der Waals surface area (Å²) in [5, 5.41) is 4.19. The number of fused-ring (bicyclic) bond motifs is 1. The number of hydrogen-bond acceptors (Lipinski definition) is 5. The topological polar surface area (TPSA) is 85.9 Å². The van der Waals surface area contributed by atoms with Gasteiger partial charge < -0.3 is 4.74 Å². The largest absolute Gasteiger partial charge is 0.379 e. The van der Waals surface area contributed by atoms with Crippen LogP contribution in [0.15, 0.2) is 28.0 Å². The molecule has 0 amide bonds. The van der Waals surface area contributed by atoms with Crippen molar-refractivity contribution in [1.82, 2.24) is 18.5 Å². The van der Waals surface area contributed by atoms with E-state index in [9.17, 15) is 13.2 Å². The Morgan fingerprint density at radius 1 is 1.23 bits per heavy atom. The highest BCUT2D eigenvalue weighted by atomic mass is 32.2. The normalized spacial score (nSPS) is 17.4. The van der Waals surface area contributed by atoms with Crippen LogP contribution in [-0.2, 0) is 14.8 Å². The SMILES string of the molecule is CC(C)n1nc2ccc(S(=O)(=O)N3CCOCC3)cn2c1=O. The molecule has 22 heavy (non-hydrogen) atoms. The van der Waals surface area contributed by atoms with E-state index in [1.54, 1.807) is 6.07 Å². The third-order valence-electron chi connectivity index (χ3n) is 3.61. The lowest BCUT2D eigenvalue weighted by Gasteiger charge is -2.25. The fourth-order valence-electron chi connectivity index (χ4n) is 2.40. The molecule has 2 aromatic heterocycles. The molecule has 3 rings (SSSR count). The molecule has 0 aromatic carbocycles. The summed E-state index contributed by atoms with van der Waals surface area (Å²) in [6.45, 7) is 5.10. The van der Waals surface area contributed by atoms with Gasteiger partial charge in [0.25, 0.3) is 0 Å². The quantitative estimate of drug-likeness (QED) is 0.798. The molecule has 0 spiro atoms. The Balaban J connectivity index is 2.08. The van der Waals surface area contributed by atoms with Crippen LogP contribution in [0.3, 0.4) is 0 Å². The maximum absolute atomic E-state index is 12.6. The van der Waals surface area contributed by atoms with Crippen molar-refractivity contribution >= 4 is 15.7 Å². The summed E-state index contributed by atoms with van der Waals surface area (Å²) in [6.07, 6.45) is 1.34. The van der Waals surface area contributed by atoms with Gasteiger partial charge in [-0.3, -0.25) is 0 Å². The predicted molar refractivity (Wildman–Crippen MR) is 79.4 cm³/mol. The molecule has 1 aliphatic rings. The zero-order chi connectivity index (χ0) is 15.9. The molecule has 0 bridgehead atoms. The molecule has 0 aliphatic carbocycles. The van der Waals surface area contributed by atoms with Crippen LogP contribution >= 0.6 is 0 Å². The Kier molecular flexibility index (Phi) is 3.79. The third kappa shape index (κ3) is 2.44. The van der Waals surface area contributed by atoms with Gasteiger partial charge in [-0.1, -0.05) is 0 Å². The van der Waals surface area contributed by atoms with Gasteiger partial charge in [0.05, 0.1) is 24.2 Å². The monoisotopic (exact) mass is 326 g/mol. The highest BCUT2D eigenvalue weighted by Gasteiger charge is 2.27. The number of aromatic nitrogens is 3. The van der Waals surface area contributed by atoms with E-state index in [0.717, 1.165) is 0 Å². The van der Waals surface area contributed by atoms with Crippen molar-refractivity contribution in [1.29, 1.82) is 0 Å². The van der Waals surface area contributed by atoms with Crippen LogP contribution in [0.25, 0.3) is 5.65 Å². The second kappa shape index (κ2) is 5.49. The van der Waals surface area contributed by atoms with Gasteiger partial charge in [0.2, 0.25) is 10.0 Å². The highest BCUT2D eigenvalue weighted by molar-refractivity contribution is 7.89. The standard InChI is InChI=1S/C13H18N4O4S/c1-10(2)17-13(18)16-9-11(3-4-12(16)14-17)22(19,20)15-5-7-21-8-6-15/h3-4,9-10H,5-8H2,1-2H3. The summed E-state index contributed by atoms with van der Waals surface area (Å²) in [6, 6.07) is 2.94. The number of nitrogens with zero attached hydrogens (tertiary/aromatic N) is 4. The Bertz CT molecular complexity index is 847. The van der Waals surface area contributed by atoms with Crippen molar-refractivity contribution in [2.75, 3.05) is 26.3 Å². The van der Waals surface area contributed by atoms with E-state index >= 15 is 0 Å². The summed E-state index contributed by atoms with van der Waals surface area (Å²) in [5.74, 6) is 0. The van der Waals surface area contributed by atoms with E-state index in [1.807, 2.05) is 13.8 Å². The first kappa shape index (κ1) is 15.2. The molecule has 0 N–H and O–H groups in total. The molecule has 3 heterocycles. The molecule has 1 fully saturated rings. The van der Waals surface area contributed by atoms with Gasteiger partial charge >= 0.3 is 5.69 Å². The van der Waals surface area contributed by atoms with E-state index in [1.165, 1.54) is 25.7 Å². The molecule has 0 radical (unpaired) electrons. The number of sulfonamides is 1. The Hall–Kier alpha value is -1.71. The fourth-order valence-corrected chi connectivity index (χ4v) is 3.80. The van der Waals surface area contributed by atoms with E-state index in [-0.39, 0.29) is 16.6 Å². The van der Waals surface area contributed by atoms with Gasteiger partial charge in [0.15, 0.2) is 5.65 Å². The predicted octanol–water partition coefficient (Wildman–Crippen LogP) is 0.0978. The van der Waals surface area contributed by atoms with E-state index < -0.39 is 10.0 Å². The van der Waals surface area contributed by atoms with Gasteiger partial charge in [0.1, 0.15) is 0 Å². The lowest BCUT2D eigenvalue weighted by molar-refractivity contribution is 0.0730. The average Bonchev–Trinajstić information content (AvgIpc) is 2.85. The summed E-state index contributed by atoms with van der Waals surface area (Å²) in [7, 11) is -3.62. The molecule has 120 valence electrons. The Morgan fingerprint density at radius 2 is 1.91 bits per heavy atom. The summed E-state index contributed by atoms with van der Waals surface area (Å²) < 4.78 is 34.4. The number of ether oxygens (including phenoxy) is 1. The fraction of sp³-hybridized carbons (Fsp3) is 0.538. The lowest BCUT2D eigenvalue weighted by Crippen LogP contribution is -2.40. The summed E-state index contributed by atoms with van der Waals surface area (Å²) >= 11 is 0. The summed E-state index contributed by atoms with van der Waals surface area (Å²) in [4.78, 5) is 12.4. The van der Waals surface area contributed by atoms with Crippen LogP contribution in [0.5, 0.6) is 0 Å². The van der Waals surface area contributed by atoms with Crippen LogP contribution in [0, 0.1) is 0 Å². The molecular weight excluding hydrogens is 308 g/mol. The third-order valence-corrected chi connectivity index (χ3v) is 5.49. The molecular formula is C13H18N4O4S. The number of hydrogen-bond donors (Lipinski definition) is 0. The van der Waals surface area contributed by atoms with Crippen molar-refractivity contribution < 1.29 is 13.2 Å². The molecule has 1 saturated heterocycles. The minimum atomic E-state index is -3.62. The van der Waals surface area contributed by atoms with Crippen LogP contribution in [-0.4, -0.2) is 53.2 Å². The second-order valence-corrected chi connectivity index (χ2v) is 7.37. The number of rotatable bonds is 3. The highest BCUT2D eigenvalue weighted by Crippen LogP contribution is 2.17. The zero-order valence-corrected chi connectivity index (χ0v) is 13.3. The number of morpholine rings is 1. The molecule has 0 unspecified atom stereocenters. The summed E-state index contributed by atoms with van der Waals surface area (Å²) in [5.41, 5.74) is 0.0867. The van der Waals surface area contributed by atoms with E-state index in [4.69, 9.17) is 4.74 Å². The first-order chi connectivity index (χ1) is 10.4. The van der Waals surface area contributed by atoms with Crippen LogP contribution in [0.1, 0.15) is 19.9 Å². The van der Waals surface area contributed by atoms with Crippen LogP contribution in [0.4, 0.5) is 0 Å². The molecule has 0 saturated carbocycles. The van der Waals surface area contributed by atoms with Gasteiger partial charge in [-0.2, -0.15) is 4.31 Å². The van der Waals surface area contributed by atoms with Crippen molar-refractivity contribution in [3.05, 3.63) is 28.8 Å². The maximum Gasteiger partial charge on any atom is 0.350 e. The Labute approximate surface area is 128 Å². The molecule has 0 atom stereocenters. The van der Waals surface area contributed by atoms with Gasteiger partial charge in [-0.25, -0.2) is 22.3 Å². The van der Waals surface area contributed by atoms with Gasteiger partial charge in [-0.05, 0) is 26.0 Å². The van der Waals surface area contributed by atoms with Crippen molar-refractivity contribution in [3.8, 4) is 0 Å². The first-order valence-electron chi connectivity index (χ1n) is 7.10. The minimum Gasteiger partial charge on any atom is -0.379 e. The smallest absolute Gasteiger partial charge is 0.350 e. The lowest BCUT2D eigenvalue weighted by atomic mass is 10.4. The maximum atomic E-state index is 12.6. The molecule has 2 aromatic rings. The van der Waals surface area contributed by atoms with E-state index in [0.29, 0.717) is 32.0 Å². The molecule has 8 nitrogen and oxygen atoms in total.